The van der Waals surface area contributed by atoms with E-state index in [1.807, 2.05) is 0 Å². The van der Waals surface area contributed by atoms with Gasteiger partial charge in [0.2, 0.25) is 10.0 Å². The summed E-state index contributed by atoms with van der Waals surface area (Å²) in [5.41, 5.74) is 2.50. The molecule has 1 saturated heterocycles. The summed E-state index contributed by atoms with van der Waals surface area (Å²) >= 11 is 0. The highest BCUT2D eigenvalue weighted by Crippen LogP contribution is 2.25. The minimum Gasteiger partial charge on any atom is -0.369 e. The smallest absolute Gasteiger partial charge is 0.213 e. The summed E-state index contributed by atoms with van der Waals surface area (Å²) in [5, 5.41) is 6.54. The second-order valence-electron chi connectivity index (χ2n) is 7.87. The molecule has 1 heterocycles. The number of anilines is 1. The first-order valence-corrected chi connectivity index (χ1v) is 11.9. The van der Waals surface area contributed by atoms with E-state index >= 15 is 0 Å². The number of nitrogens with one attached hydrogen (secondary N) is 3. The van der Waals surface area contributed by atoms with Gasteiger partial charge in [-0.25, -0.2) is 13.1 Å². The SMILES string of the molecule is CN=C(NCCS(=O)(=O)NCC1CCC1)NC1CCN(c2ccc(C)cc2)C1.I. The molecule has 164 valence electrons. The Hall–Kier alpha value is -1.07. The molecule has 0 bridgehead atoms. The van der Waals surface area contributed by atoms with Crippen LogP contribution >= 0.6 is 24.0 Å². The molecule has 1 aromatic rings. The summed E-state index contributed by atoms with van der Waals surface area (Å²) in [4.78, 5) is 6.60. The number of guanidine groups is 1. The van der Waals surface area contributed by atoms with Crippen molar-refractivity contribution in [1.82, 2.24) is 15.4 Å². The van der Waals surface area contributed by atoms with Gasteiger partial charge < -0.3 is 15.5 Å². The lowest BCUT2D eigenvalue weighted by Gasteiger charge is -2.25. The molecule has 1 aliphatic carbocycles. The Balaban J connectivity index is 0.00000300. The zero-order valence-electron chi connectivity index (χ0n) is 17.4. The van der Waals surface area contributed by atoms with Crippen LogP contribution < -0.4 is 20.3 Å². The van der Waals surface area contributed by atoms with Crippen LogP contribution in [0.2, 0.25) is 0 Å². The fraction of sp³-hybridized carbons (Fsp3) is 0.650. The van der Waals surface area contributed by atoms with Crippen LogP contribution in [-0.2, 0) is 10.0 Å². The number of aryl methyl sites for hydroxylation is 1. The van der Waals surface area contributed by atoms with Crippen LogP contribution in [0.3, 0.4) is 0 Å². The molecule has 3 N–H and O–H groups in total. The molecule has 1 aliphatic heterocycles. The summed E-state index contributed by atoms with van der Waals surface area (Å²) in [6.45, 7) is 4.92. The fourth-order valence-corrected chi connectivity index (χ4v) is 4.58. The number of nitrogens with zero attached hydrogens (tertiary/aromatic N) is 2. The topological polar surface area (TPSA) is 85.8 Å². The van der Waals surface area contributed by atoms with E-state index in [0.717, 1.165) is 32.4 Å². The Morgan fingerprint density at radius 1 is 1.21 bits per heavy atom. The third kappa shape index (κ3) is 7.60. The number of aliphatic imine (C=N–C) groups is 1. The van der Waals surface area contributed by atoms with Crippen molar-refractivity contribution in [2.75, 3.05) is 43.9 Å². The number of rotatable bonds is 8. The molecular formula is C20H34IN5O2S. The highest BCUT2D eigenvalue weighted by atomic mass is 127. The summed E-state index contributed by atoms with van der Waals surface area (Å²) < 4.78 is 26.9. The molecule has 1 saturated carbocycles. The van der Waals surface area contributed by atoms with Crippen molar-refractivity contribution in [1.29, 1.82) is 0 Å². The van der Waals surface area contributed by atoms with E-state index in [0.29, 0.717) is 31.0 Å². The standard InChI is InChI=1S/C20H33N5O2S.HI/c1-16-6-8-19(9-7-16)25-12-10-18(15-25)24-20(21-2)22-11-13-28(26,27)23-14-17-4-3-5-17;/h6-9,17-18,23H,3-5,10-15H2,1-2H3,(H2,21,22,24);1H. The molecule has 3 rings (SSSR count). The van der Waals surface area contributed by atoms with Gasteiger partial charge >= 0.3 is 0 Å². The molecule has 0 aromatic heterocycles. The second-order valence-corrected chi connectivity index (χ2v) is 9.80. The number of halogens is 1. The van der Waals surface area contributed by atoms with Gasteiger partial charge in [-0.2, -0.15) is 0 Å². The molecule has 0 spiro atoms. The Kier molecular flexibility index (Phi) is 9.48. The summed E-state index contributed by atoms with van der Waals surface area (Å²) in [7, 11) is -1.52. The minimum absolute atomic E-state index is 0. The Bertz CT molecular complexity index is 766. The Morgan fingerprint density at radius 2 is 1.93 bits per heavy atom. The molecule has 29 heavy (non-hydrogen) atoms. The van der Waals surface area contributed by atoms with E-state index in [1.165, 1.54) is 17.7 Å². The molecule has 2 fully saturated rings. The van der Waals surface area contributed by atoms with Crippen LogP contribution in [0.4, 0.5) is 5.69 Å². The zero-order valence-corrected chi connectivity index (χ0v) is 20.5. The summed E-state index contributed by atoms with van der Waals surface area (Å²) in [6, 6.07) is 8.88. The first kappa shape index (κ1) is 24.2. The molecule has 1 atom stereocenters. The van der Waals surface area contributed by atoms with Gasteiger partial charge in [-0.15, -0.1) is 24.0 Å². The van der Waals surface area contributed by atoms with Gasteiger partial charge in [0.05, 0.1) is 5.75 Å². The minimum atomic E-state index is -3.24. The molecular weight excluding hydrogens is 501 g/mol. The normalized spacial score (nSPS) is 20.1. The second kappa shape index (κ2) is 11.4. The number of benzene rings is 1. The first-order valence-electron chi connectivity index (χ1n) is 10.2. The average Bonchev–Trinajstić information content (AvgIpc) is 3.08. The van der Waals surface area contributed by atoms with Crippen molar-refractivity contribution in [3.05, 3.63) is 29.8 Å². The first-order chi connectivity index (χ1) is 13.4. The van der Waals surface area contributed by atoms with Crippen LogP contribution in [0.5, 0.6) is 0 Å². The molecule has 1 aromatic carbocycles. The number of hydrogen-bond acceptors (Lipinski definition) is 4. The maximum absolute atomic E-state index is 12.1. The van der Waals surface area contributed by atoms with E-state index in [9.17, 15) is 8.42 Å². The predicted molar refractivity (Wildman–Crippen MR) is 131 cm³/mol. The van der Waals surface area contributed by atoms with Crippen molar-refractivity contribution in [3.8, 4) is 0 Å². The van der Waals surface area contributed by atoms with Gasteiger partial charge in [-0.3, -0.25) is 4.99 Å². The van der Waals surface area contributed by atoms with Crippen LogP contribution in [0.1, 0.15) is 31.2 Å². The van der Waals surface area contributed by atoms with Gasteiger partial charge in [0.1, 0.15) is 0 Å². The third-order valence-electron chi connectivity index (χ3n) is 5.63. The fourth-order valence-electron chi connectivity index (χ4n) is 3.57. The largest absolute Gasteiger partial charge is 0.369 e. The molecule has 7 nitrogen and oxygen atoms in total. The van der Waals surface area contributed by atoms with E-state index in [1.54, 1.807) is 7.05 Å². The van der Waals surface area contributed by atoms with E-state index in [4.69, 9.17) is 0 Å². The maximum atomic E-state index is 12.1. The average molecular weight is 535 g/mol. The van der Waals surface area contributed by atoms with Crippen LogP contribution in [0.25, 0.3) is 0 Å². The van der Waals surface area contributed by atoms with Gasteiger partial charge in [0, 0.05) is 45.0 Å². The third-order valence-corrected chi connectivity index (χ3v) is 6.98. The van der Waals surface area contributed by atoms with E-state index < -0.39 is 10.0 Å². The molecule has 0 amide bonds. The molecule has 1 unspecified atom stereocenters. The van der Waals surface area contributed by atoms with Crippen molar-refractivity contribution < 1.29 is 8.42 Å². The van der Waals surface area contributed by atoms with Gasteiger partial charge in [-0.05, 0) is 44.2 Å². The highest BCUT2D eigenvalue weighted by Gasteiger charge is 2.24. The Labute approximate surface area is 192 Å². The van der Waals surface area contributed by atoms with Gasteiger partial charge in [0.25, 0.3) is 0 Å². The lowest BCUT2D eigenvalue weighted by atomic mass is 9.86. The van der Waals surface area contributed by atoms with Crippen molar-refractivity contribution >= 4 is 45.6 Å². The highest BCUT2D eigenvalue weighted by molar-refractivity contribution is 14.0. The maximum Gasteiger partial charge on any atom is 0.213 e. The van der Waals surface area contributed by atoms with E-state index in [-0.39, 0.29) is 29.7 Å². The van der Waals surface area contributed by atoms with Gasteiger partial charge in [0.15, 0.2) is 5.96 Å². The Morgan fingerprint density at radius 3 is 2.55 bits per heavy atom. The molecule has 9 heteroatoms. The van der Waals surface area contributed by atoms with Crippen molar-refractivity contribution in [2.45, 2.75) is 38.6 Å². The van der Waals surface area contributed by atoms with Crippen LogP contribution in [0, 0.1) is 12.8 Å². The van der Waals surface area contributed by atoms with E-state index in [2.05, 4.69) is 56.4 Å². The van der Waals surface area contributed by atoms with Gasteiger partial charge in [-0.1, -0.05) is 24.1 Å². The summed E-state index contributed by atoms with van der Waals surface area (Å²) in [6.07, 6.45) is 4.52. The van der Waals surface area contributed by atoms with Crippen molar-refractivity contribution in [3.63, 3.8) is 0 Å². The number of hydrogen-bond donors (Lipinski definition) is 3. The zero-order chi connectivity index (χ0) is 20.0. The predicted octanol–water partition coefficient (Wildman–Crippen LogP) is 2.08. The van der Waals surface area contributed by atoms with Crippen molar-refractivity contribution in [2.24, 2.45) is 10.9 Å². The quantitative estimate of drug-likeness (QED) is 0.270. The molecule has 2 aliphatic rings. The number of sulfonamides is 1. The molecule has 0 radical (unpaired) electrons. The van der Waals surface area contributed by atoms with Crippen LogP contribution in [-0.4, -0.2) is 59.4 Å². The van der Waals surface area contributed by atoms with Crippen LogP contribution in [0.15, 0.2) is 29.3 Å². The lowest BCUT2D eigenvalue weighted by Crippen LogP contribution is -2.46. The monoisotopic (exact) mass is 535 g/mol. The lowest BCUT2D eigenvalue weighted by molar-refractivity contribution is 0.316. The summed E-state index contributed by atoms with van der Waals surface area (Å²) in [5.74, 6) is 1.24.